The van der Waals surface area contributed by atoms with Crippen LogP contribution >= 0.6 is 11.6 Å². The van der Waals surface area contributed by atoms with Crippen molar-refractivity contribution < 1.29 is 17.9 Å². The number of sulfone groups is 1. The number of likely N-dealkylation sites (tertiary alicyclic amines) is 1. The Hall–Kier alpha value is -1.83. The first-order valence-electron chi connectivity index (χ1n) is 9.28. The minimum atomic E-state index is -3.39. The molecule has 3 heterocycles. The van der Waals surface area contributed by atoms with E-state index in [1.807, 2.05) is 12.1 Å². The Bertz CT molecular complexity index is 1010. The van der Waals surface area contributed by atoms with E-state index < -0.39 is 9.84 Å². The zero-order valence-electron chi connectivity index (χ0n) is 15.9. The van der Waals surface area contributed by atoms with Crippen LogP contribution in [0.25, 0.3) is 0 Å². The molecule has 0 saturated carbocycles. The Labute approximate surface area is 170 Å². The number of piperidine rings is 1. The Morgan fingerprint density at radius 3 is 2.75 bits per heavy atom. The van der Waals surface area contributed by atoms with Gasteiger partial charge in [0.25, 0.3) is 0 Å². The highest BCUT2D eigenvalue weighted by Gasteiger charge is 2.28. The molecule has 1 atom stereocenters. The van der Waals surface area contributed by atoms with Crippen LogP contribution in [0.4, 0.5) is 0 Å². The van der Waals surface area contributed by atoms with E-state index in [1.54, 1.807) is 0 Å². The van der Waals surface area contributed by atoms with Crippen LogP contribution in [0.5, 0.6) is 11.5 Å². The third-order valence-corrected chi connectivity index (χ3v) is 6.70. The van der Waals surface area contributed by atoms with Crippen molar-refractivity contribution in [1.29, 1.82) is 0 Å². The summed E-state index contributed by atoms with van der Waals surface area (Å²) < 4.78 is 35.4. The summed E-state index contributed by atoms with van der Waals surface area (Å²) in [5.74, 6) is 1.64. The number of aryl methyl sites for hydroxylation is 1. The normalized spacial score (nSPS) is 19.8. The van der Waals surface area contributed by atoms with Crippen LogP contribution in [0.15, 0.2) is 29.3 Å². The molecule has 1 aromatic heterocycles. The Morgan fingerprint density at radius 1 is 1.25 bits per heavy atom. The van der Waals surface area contributed by atoms with E-state index in [0.29, 0.717) is 10.7 Å². The van der Waals surface area contributed by atoms with E-state index >= 15 is 0 Å². The second-order valence-corrected chi connectivity index (χ2v) is 9.94. The molecule has 6 nitrogen and oxygen atoms in total. The molecule has 1 fully saturated rings. The summed E-state index contributed by atoms with van der Waals surface area (Å²) in [5, 5.41) is 0.341. The van der Waals surface area contributed by atoms with Gasteiger partial charge in [0.2, 0.25) is 6.79 Å². The van der Waals surface area contributed by atoms with Crippen LogP contribution in [0, 0.1) is 6.92 Å². The lowest BCUT2D eigenvalue weighted by atomic mass is 9.93. The third-order valence-electron chi connectivity index (χ3n) is 5.37. The molecule has 8 heteroatoms. The highest BCUT2D eigenvalue weighted by Crippen LogP contribution is 2.36. The second kappa shape index (κ2) is 7.54. The molecule has 0 amide bonds. The lowest BCUT2D eigenvalue weighted by Gasteiger charge is -2.33. The number of aromatic nitrogens is 1. The lowest BCUT2D eigenvalue weighted by Crippen LogP contribution is -2.35. The van der Waals surface area contributed by atoms with Gasteiger partial charge in [-0.15, -0.1) is 0 Å². The fraction of sp³-hybridized carbons (Fsp3) is 0.450. The van der Waals surface area contributed by atoms with Crippen molar-refractivity contribution in [3.8, 4) is 11.5 Å². The molecule has 4 rings (SSSR count). The first-order valence-corrected chi connectivity index (χ1v) is 11.5. The van der Waals surface area contributed by atoms with Crippen molar-refractivity contribution in [2.75, 3.05) is 26.1 Å². The molecule has 0 bridgehead atoms. The summed E-state index contributed by atoms with van der Waals surface area (Å²) in [4.78, 5) is 6.99. The lowest BCUT2D eigenvalue weighted by molar-refractivity contribution is 0.173. The van der Waals surface area contributed by atoms with Gasteiger partial charge < -0.3 is 9.47 Å². The molecular formula is C20H23ClN2O4S. The number of hydrogen-bond donors (Lipinski definition) is 0. The number of benzene rings is 1. The summed E-state index contributed by atoms with van der Waals surface area (Å²) >= 11 is 6.00. The van der Waals surface area contributed by atoms with Crippen molar-refractivity contribution in [3.63, 3.8) is 0 Å². The fourth-order valence-electron chi connectivity index (χ4n) is 3.95. The van der Waals surface area contributed by atoms with E-state index in [2.05, 4.69) is 16.8 Å². The first kappa shape index (κ1) is 19.5. The number of halogens is 1. The predicted molar refractivity (Wildman–Crippen MR) is 107 cm³/mol. The quantitative estimate of drug-likeness (QED) is 0.750. The average molecular weight is 423 g/mol. The van der Waals surface area contributed by atoms with Crippen molar-refractivity contribution in [2.24, 2.45) is 0 Å². The molecule has 1 aromatic carbocycles. The van der Waals surface area contributed by atoms with Gasteiger partial charge in [-0.05, 0) is 55.6 Å². The number of rotatable bonds is 4. The molecule has 2 aromatic rings. The van der Waals surface area contributed by atoms with E-state index in [1.165, 1.54) is 24.1 Å². The van der Waals surface area contributed by atoms with Gasteiger partial charge in [0, 0.05) is 31.5 Å². The third kappa shape index (κ3) is 3.97. The molecule has 0 N–H and O–H groups in total. The smallest absolute Gasteiger partial charge is 0.231 e. The number of hydrogen-bond acceptors (Lipinski definition) is 6. The summed E-state index contributed by atoms with van der Waals surface area (Å²) in [7, 11) is -3.39. The monoisotopic (exact) mass is 422 g/mol. The van der Waals surface area contributed by atoms with Crippen LogP contribution < -0.4 is 9.47 Å². The minimum absolute atomic E-state index is 0.0602. The minimum Gasteiger partial charge on any atom is -0.454 e. The van der Waals surface area contributed by atoms with Crippen LogP contribution in [0.1, 0.15) is 35.6 Å². The first-order chi connectivity index (χ1) is 13.3. The Kier molecular flexibility index (Phi) is 5.24. The zero-order valence-corrected chi connectivity index (χ0v) is 17.5. The second-order valence-electron chi connectivity index (χ2n) is 7.52. The van der Waals surface area contributed by atoms with Gasteiger partial charge in [-0.25, -0.2) is 8.42 Å². The zero-order chi connectivity index (χ0) is 19.9. The van der Waals surface area contributed by atoms with Crippen molar-refractivity contribution in [1.82, 2.24) is 9.88 Å². The number of ether oxygens (including phenoxy) is 2. The standard InChI is InChI=1S/C20H23ClN2O4S/c1-13-6-17-18(27-12-26-17)7-15(13)11-23-5-3-4-14(10-23)20-19(28(2,24)25)8-16(21)9-22-20/h6-9,14H,3-5,10-12H2,1-2H3. The van der Waals surface area contributed by atoms with Gasteiger partial charge >= 0.3 is 0 Å². The van der Waals surface area contributed by atoms with Gasteiger partial charge in [-0.1, -0.05) is 11.6 Å². The molecule has 28 heavy (non-hydrogen) atoms. The topological polar surface area (TPSA) is 68.7 Å². The van der Waals surface area contributed by atoms with Crippen molar-refractivity contribution in [2.45, 2.75) is 37.1 Å². The van der Waals surface area contributed by atoms with Crippen molar-refractivity contribution >= 4 is 21.4 Å². The summed E-state index contributed by atoms with van der Waals surface area (Å²) in [6.07, 6.45) is 4.64. The van der Waals surface area contributed by atoms with Crippen LogP contribution in [-0.4, -0.2) is 44.4 Å². The largest absolute Gasteiger partial charge is 0.454 e. The van der Waals surface area contributed by atoms with E-state index in [-0.39, 0.29) is 17.6 Å². The molecule has 0 aliphatic carbocycles. The average Bonchev–Trinajstić information content (AvgIpc) is 3.08. The van der Waals surface area contributed by atoms with Crippen molar-refractivity contribution in [3.05, 3.63) is 46.2 Å². The maximum absolute atomic E-state index is 12.2. The highest BCUT2D eigenvalue weighted by atomic mass is 35.5. The van der Waals surface area contributed by atoms with Gasteiger partial charge in [-0.2, -0.15) is 0 Å². The summed E-state index contributed by atoms with van der Waals surface area (Å²) in [6, 6.07) is 5.57. The SMILES string of the molecule is Cc1cc2c(cc1CN1CCCC(c3ncc(Cl)cc3S(C)(=O)=O)C1)OCO2. The number of fused-ring (bicyclic) bond motifs is 1. The van der Waals surface area contributed by atoms with Gasteiger partial charge in [0.05, 0.1) is 15.6 Å². The molecule has 0 spiro atoms. The van der Waals surface area contributed by atoms with Gasteiger partial charge in [0.1, 0.15) is 0 Å². The van der Waals surface area contributed by atoms with E-state index in [0.717, 1.165) is 49.5 Å². The Balaban J connectivity index is 1.56. The number of pyridine rings is 1. The molecule has 1 saturated heterocycles. The molecule has 2 aliphatic heterocycles. The molecule has 150 valence electrons. The van der Waals surface area contributed by atoms with E-state index in [4.69, 9.17) is 21.1 Å². The van der Waals surface area contributed by atoms with E-state index in [9.17, 15) is 8.42 Å². The van der Waals surface area contributed by atoms with Gasteiger partial charge in [-0.3, -0.25) is 9.88 Å². The summed E-state index contributed by atoms with van der Waals surface area (Å²) in [5.41, 5.74) is 2.98. The number of nitrogens with zero attached hydrogens (tertiary/aromatic N) is 2. The predicted octanol–water partition coefficient (Wildman–Crippen LogP) is 3.56. The molecular weight excluding hydrogens is 400 g/mol. The maximum Gasteiger partial charge on any atom is 0.231 e. The Morgan fingerprint density at radius 2 is 2.00 bits per heavy atom. The molecule has 2 aliphatic rings. The highest BCUT2D eigenvalue weighted by molar-refractivity contribution is 7.90. The molecule has 0 radical (unpaired) electrons. The summed E-state index contributed by atoms with van der Waals surface area (Å²) in [6.45, 7) is 4.83. The van der Waals surface area contributed by atoms with Crippen LogP contribution in [-0.2, 0) is 16.4 Å². The van der Waals surface area contributed by atoms with Crippen LogP contribution in [0.3, 0.4) is 0 Å². The van der Waals surface area contributed by atoms with Gasteiger partial charge in [0.15, 0.2) is 21.3 Å². The maximum atomic E-state index is 12.2. The fourth-order valence-corrected chi connectivity index (χ4v) is 5.12. The van der Waals surface area contributed by atoms with Crippen LogP contribution in [0.2, 0.25) is 5.02 Å². The molecule has 1 unspecified atom stereocenters.